The fraction of sp³-hybridized carbons (Fsp3) is 0.217. The van der Waals surface area contributed by atoms with Crippen molar-refractivity contribution in [2.24, 2.45) is 0 Å². The molecule has 7 heteroatoms. The molecule has 1 aromatic heterocycles. The van der Waals surface area contributed by atoms with Gasteiger partial charge in [-0.15, -0.1) is 0 Å². The first-order chi connectivity index (χ1) is 14.5. The lowest BCUT2D eigenvalue weighted by Gasteiger charge is -2.08. The molecule has 3 aromatic rings. The second-order valence-electron chi connectivity index (χ2n) is 7.19. The number of amides is 2. The second-order valence-corrected chi connectivity index (χ2v) is 7.19. The number of hydrogen-bond donors (Lipinski definition) is 2. The van der Waals surface area contributed by atoms with Crippen LogP contribution in [0.3, 0.4) is 0 Å². The van der Waals surface area contributed by atoms with E-state index >= 15 is 0 Å². The molecule has 152 valence electrons. The lowest BCUT2D eigenvalue weighted by Crippen LogP contribution is -2.40. The van der Waals surface area contributed by atoms with Crippen molar-refractivity contribution in [2.75, 3.05) is 0 Å². The fourth-order valence-electron chi connectivity index (χ4n) is 3.49. The monoisotopic (exact) mass is 402 g/mol. The molecule has 0 atom stereocenters. The molecule has 2 aromatic carbocycles. The van der Waals surface area contributed by atoms with Crippen LogP contribution in [0.2, 0.25) is 0 Å². The van der Waals surface area contributed by atoms with Gasteiger partial charge in [0, 0.05) is 24.6 Å². The Balaban J connectivity index is 1.41. The maximum Gasteiger partial charge on any atom is 0.269 e. The molecule has 0 saturated heterocycles. The number of carbonyl (C=O) groups excluding carboxylic acids is 2. The van der Waals surface area contributed by atoms with Crippen molar-refractivity contribution in [3.05, 3.63) is 81.4 Å². The van der Waals surface area contributed by atoms with Gasteiger partial charge in [-0.2, -0.15) is 0 Å². The summed E-state index contributed by atoms with van der Waals surface area (Å²) in [6, 6.07) is 12.6. The van der Waals surface area contributed by atoms with Crippen LogP contribution in [0.25, 0.3) is 17.0 Å². The molecular formula is C23H22N4O3. The van der Waals surface area contributed by atoms with Gasteiger partial charge in [0.25, 0.3) is 17.4 Å². The smallest absolute Gasteiger partial charge is 0.269 e. The standard InChI is InChI=1S/C23H22N4O3/c1-2-15-5-7-16(8-6-15)9-12-21(28)25-26-22(29)17-10-11-18-19(14-17)24-20-4-3-13-27(20)23(18)30/h5-12,14H,2-4,13H2,1H3,(H,25,28)(H,26,29)/b12-9+. The molecular weight excluding hydrogens is 380 g/mol. The Bertz CT molecular complexity index is 1210. The van der Waals surface area contributed by atoms with Crippen LogP contribution < -0.4 is 16.4 Å². The highest BCUT2D eigenvalue weighted by Crippen LogP contribution is 2.16. The molecule has 1 aliphatic rings. The minimum Gasteiger partial charge on any atom is -0.296 e. The van der Waals surface area contributed by atoms with Gasteiger partial charge < -0.3 is 0 Å². The number of benzene rings is 2. The summed E-state index contributed by atoms with van der Waals surface area (Å²) in [6.07, 6.45) is 5.64. The molecule has 0 fully saturated rings. The summed E-state index contributed by atoms with van der Waals surface area (Å²) in [6.45, 7) is 2.76. The van der Waals surface area contributed by atoms with Gasteiger partial charge in [0.2, 0.25) is 0 Å². The molecule has 7 nitrogen and oxygen atoms in total. The zero-order valence-electron chi connectivity index (χ0n) is 16.6. The molecule has 2 heterocycles. The largest absolute Gasteiger partial charge is 0.296 e. The van der Waals surface area contributed by atoms with E-state index in [0.29, 0.717) is 23.0 Å². The number of nitrogens with one attached hydrogen (secondary N) is 2. The molecule has 1 aliphatic heterocycles. The van der Waals surface area contributed by atoms with Gasteiger partial charge in [0.15, 0.2) is 0 Å². The van der Waals surface area contributed by atoms with Gasteiger partial charge in [-0.3, -0.25) is 29.8 Å². The topological polar surface area (TPSA) is 93.1 Å². The molecule has 0 saturated carbocycles. The molecule has 0 spiro atoms. The third kappa shape index (κ3) is 4.00. The highest BCUT2D eigenvalue weighted by Gasteiger charge is 2.17. The van der Waals surface area contributed by atoms with Gasteiger partial charge in [-0.05, 0) is 48.2 Å². The summed E-state index contributed by atoms with van der Waals surface area (Å²) in [5.41, 5.74) is 7.59. The van der Waals surface area contributed by atoms with Crippen molar-refractivity contribution in [1.29, 1.82) is 0 Å². The number of rotatable bonds is 4. The van der Waals surface area contributed by atoms with E-state index in [1.807, 2.05) is 24.3 Å². The van der Waals surface area contributed by atoms with Crippen LogP contribution in [-0.4, -0.2) is 21.4 Å². The van der Waals surface area contributed by atoms with E-state index in [-0.39, 0.29) is 5.56 Å². The summed E-state index contributed by atoms with van der Waals surface area (Å²) in [5.74, 6) is -0.179. The second kappa shape index (κ2) is 8.32. The average Bonchev–Trinajstić information content (AvgIpc) is 3.25. The van der Waals surface area contributed by atoms with Crippen molar-refractivity contribution in [3.63, 3.8) is 0 Å². The normalized spacial score (nSPS) is 12.8. The Labute approximate surface area is 173 Å². The number of aryl methyl sites for hydroxylation is 2. The van der Waals surface area contributed by atoms with E-state index in [1.54, 1.807) is 28.8 Å². The van der Waals surface area contributed by atoms with Crippen LogP contribution in [0, 0.1) is 0 Å². The van der Waals surface area contributed by atoms with Gasteiger partial charge in [0.05, 0.1) is 10.9 Å². The number of fused-ring (bicyclic) bond motifs is 2. The van der Waals surface area contributed by atoms with E-state index in [9.17, 15) is 14.4 Å². The van der Waals surface area contributed by atoms with Crippen LogP contribution in [0.4, 0.5) is 0 Å². The summed E-state index contributed by atoms with van der Waals surface area (Å²) in [4.78, 5) is 41.4. The minimum absolute atomic E-state index is 0.0788. The van der Waals surface area contributed by atoms with Gasteiger partial charge in [0.1, 0.15) is 5.82 Å². The number of hydrogen-bond acceptors (Lipinski definition) is 4. The molecule has 30 heavy (non-hydrogen) atoms. The predicted octanol–water partition coefficient (Wildman–Crippen LogP) is 2.38. The number of aromatic nitrogens is 2. The fourth-order valence-corrected chi connectivity index (χ4v) is 3.49. The van der Waals surface area contributed by atoms with E-state index in [2.05, 4.69) is 22.8 Å². The molecule has 0 unspecified atom stereocenters. The Kier molecular flexibility index (Phi) is 5.43. The molecule has 4 rings (SSSR count). The predicted molar refractivity (Wildman–Crippen MR) is 115 cm³/mol. The molecule has 2 N–H and O–H groups in total. The number of hydrazine groups is 1. The van der Waals surface area contributed by atoms with Crippen LogP contribution in [0.5, 0.6) is 0 Å². The Morgan fingerprint density at radius 1 is 1.13 bits per heavy atom. The Hall–Kier alpha value is -3.74. The average molecular weight is 402 g/mol. The van der Waals surface area contributed by atoms with Crippen molar-refractivity contribution in [1.82, 2.24) is 20.4 Å². The number of nitrogens with zero attached hydrogens (tertiary/aromatic N) is 2. The summed E-state index contributed by atoms with van der Waals surface area (Å²) in [5, 5.41) is 0.485. The van der Waals surface area contributed by atoms with Crippen LogP contribution in [0.15, 0.2) is 53.3 Å². The number of carbonyl (C=O) groups is 2. The Morgan fingerprint density at radius 2 is 1.93 bits per heavy atom. The zero-order valence-corrected chi connectivity index (χ0v) is 16.6. The van der Waals surface area contributed by atoms with Crippen molar-refractivity contribution < 1.29 is 9.59 Å². The maximum absolute atomic E-state index is 12.5. The van der Waals surface area contributed by atoms with E-state index in [0.717, 1.165) is 30.7 Å². The van der Waals surface area contributed by atoms with Crippen molar-refractivity contribution >= 4 is 28.8 Å². The quantitative estimate of drug-likeness (QED) is 0.518. The van der Waals surface area contributed by atoms with Gasteiger partial charge >= 0.3 is 0 Å². The highest BCUT2D eigenvalue weighted by atomic mass is 16.2. The first-order valence-corrected chi connectivity index (χ1v) is 9.96. The molecule has 0 bridgehead atoms. The van der Waals surface area contributed by atoms with Crippen LogP contribution in [-0.2, 0) is 24.2 Å². The van der Waals surface area contributed by atoms with Crippen molar-refractivity contribution in [3.8, 4) is 0 Å². The van der Waals surface area contributed by atoms with E-state index in [4.69, 9.17) is 0 Å². The molecule has 0 radical (unpaired) electrons. The lowest BCUT2D eigenvalue weighted by molar-refractivity contribution is -0.117. The minimum atomic E-state index is -0.478. The Morgan fingerprint density at radius 3 is 2.70 bits per heavy atom. The van der Waals surface area contributed by atoms with Crippen LogP contribution >= 0.6 is 0 Å². The third-order valence-corrected chi connectivity index (χ3v) is 5.19. The van der Waals surface area contributed by atoms with Gasteiger partial charge in [-0.25, -0.2) is 4.98 Å². The first-order valence-electron chi connectivity index (χ1n) is 9.96. The van der Waals surface area contributed by atoms with E-state index in [1.165, 1.54) is 11.6 Å². The van der Waals surface area contributed by atoms with Crippen LogP contribution in [0.1, 0.15) is 40.7 Å². The van der Waals surface area contributed by atoms with E-state index < -0.39 is 11.8 Å². The third-order valence-electron chi connectivity index (χ3n) is 5.19. The maximum atomic E-state index is 12.5. The SMILES string of the molecule is CCc1ccc(/C=C/C(=O)NNC(=O)c2ccc3c(=O)n4c(nc3c2)CCC4)cc1. The summed E-state index contributed by atoms with van der Waals surface area (Å²) in [7, 11) is 0. The van der Waals surface area contributed by atoms with Crippen molar-refractivity contribution in [2.45, 2.75) is 32.7 Å². The van der Waals surface area contributed by atoms with Gasteiger partial charge in [-0.1, -0.05) is 31.2 Å². The molecule has 2 amide bonds. The summed E-state index contributed by atoms with van der Waals surface area (Å²) < 4.78 is 1.68. The molecule has 0 aliphatic carbocycles. The summed E-state index contributed by atoms with van der Waals surface area (Å²) >= 11 is 0. The highest BCUT2D eigenvalue weighted by molar-refractivity contribution is 6.00. The lowest BCUT2D eigenvalue weighted by atomic mass is 10.1. The zero-order chi connectivity index (χ0) is 21.1. The first kappa shape index (κ1) is 19.6.